The van der Waals surface area contributed by atoms with Gasteiger partial charge in [0.05, 0.1) is 34.0 Å². The molecule has 0 saturated carbocycles. The molecule has 3 rings (SSSR count). The highest BCUT2D eigenvalue weighted by Gasteiger charge is 2.10. The Bertz CT molecular complexity index is 1100. The van der Waals surface area contributed by atoms with Crippen molar-refractivity contribution in [2.75, 3.05) is 23.7 Å². The summed E-state index contributed by atoms with van der Waals surface area (Å²) >= 11 is 0. The number of nitriles is 2. The van der Waals surface area contributed by atoms with E-state index in [0.717, 1.165) is 0 Å². The summed E-state index contributed by atoms with van der Waals surface area (Å²) in [6.07, 6.45) is 2.62. The van der Waals surface area contributed by atoms with Gasteiger partial charge in [-0.05, 0) is 18.2 Å². The zero-order chi connectivity index (χ0) is 20.6. The van der Waals surface area contributed by atoms with E-state index in [2.05, 4.69) is 31.7 Å². The molecule has 0 aliphatic heterocycles. The Balaban J connectivity index is 1.63. The first-order valence-corrected chi connectivity index (χ1v) is 8.46. The molecule has 0 saturated heterocycles. The Hall–Kier alpha value is -4.57. The minimum Gasteiger partial charge on any atom is -0.368 e. The maximum atomic E-state index is 10.6. The van der Waals surface area contributed by atoms with Gasteiger partial charge in [-0.25, -0.2) is 15.0 Å². The molecule has 29 heavy (non-hydrogen) atoms. The van der Waals surface area contributed by atoms with Gasteiger partial charge in [0.15, 0.2) is 0 Å². The standard InChI is InChI=1S/C19H14N8O2/c20-9-13-1-3-14(4-2-13)18-15(10-21)11-25-19(26-18)23-8-7-22-17-6-5-16(12-24-17)27(28)29/h1-6,11-12H,7-8H2,(H,22,24)(H,23,25,26). The van der Waals surface area contributed by atoms with Crippen molar-refractivity contribution in [3.8, 4) is 23.4 Å². The van der Waals surface area contributed by atoms with Gasteiger partial charge in [-0.1, -0.05) is 12.1 Å². The van der Waals surface area contributed by atoms with E-state index in [4.69, 9.17) is 5.26 Å². The summed E-state index contributed by atoms with van der Waals surface area (Å²) in [6.45, 7) is 0.928. The molecule has 10 heteroatoms. The summed E-state index contributed by atoms with van der Waals surface area (Å²) in [6, 6.07) is 13.8. The number of nitrogens with one attached hydrogen (secondary N) is 2. The van der Waals surface area contributed by atoms with Gasteiger partial charge in [0.1, 0.15) is 18.1 Å². The molecule has 0 fully saturated rings. The van der Waals surface area contributed by atoms with Crippen LogP contribution in [0.15, 0.2) is 48.8 Å². The Morgan fingerprint density at radius 1 is 0.966 bits per heavy atom. The van der Waals surface area contributed by atoms with Crippen LogP contribution in [-0.2, 0) is 0 Å². The normalized spacial score (nSPS) is 9.86. The third-order valence-corrected chi connectivity index (χ3v) is 3.87. The summed E-state index contributed by atoms with van der Waals surface area (Å²) in [5.41, 5.74) is 1.95. The first kappa shape index (κ1) is 19.2. The number of aromatic nitrogens is 3. The first-order valence-electron chi connectivity index (χ1n) is 8.46. The number of hydrogen-bond acceptors (Lipinski definition) is 9. The van der Waals surface area contributed by atoms with E-state index < -0.39 is 4.92 Å². The zero-order valence-electron chi connectivity index (χ0n) is 15.0. The van der Waals surface area contributed by atoms with Crippen molar-refractivity contribution >= 4 is 17.5 Å². The van der Waals surface area contributed by atoms with Gasteiger partial charge < -0.3 is 10.6 Å². The molecule has 1 aromatic carbocycles. The van der Waals surface area contributed by atoms with Crippen LogP contribution in [0.1, 0.15) is 11.1 Å². The van der Waals surface area contributed by atoms with E-state index in [1.165, 1.54) is 24.5 Å². The lowest BCUT2D eigenvalue weighted by Gasteiger charge is -2.09. The molecular formula is C19H14N8O2. The summed E-state index contributed by atoms with van der Waals surface area (Å²) in [4.78, 5) is 22.6. The number of hydrogen-bond donors (Lipinski definition) is 2. The highest BCUT2D eigenvalue weighted by Crippen LogP contribution is 2.22. The van der Waals surface area contributed by atoms with Crippen LogP contribution in [0.3, 0.4) is 0 Å². The van der Waals surface area contributed by atoms with E-state index in [9.17, 15) is 15.4 Å². The summed E-state index contributed by atoms with van der Waals surface area (Å²) < 4.78 is 0. The Morgan fingerprint density at radius 2 is 1.72 bits per heavy atom. The smallest absolute Gasteiger partial charge is 0.287 e. The zero-order valence-corrected chi connectivity index (χ0v) is 15.0. The van der Waals surface area contributed by atoms with E-state index in [1.54, 1.807) is 24.3 Å². The largest absolute Gasteiger partial charge is 0.368 e. The van der Waals surface area contributed by atoms with Crippen LogP contribution in [0.5, 0.6) is 0 Å². The second kappa shape index (κ2) is 8.88. The fraction of sp³-hybridized carbons (Fsp3) is 0.105. The number of anilines is 2. The second-order valence-electron chi connectivity index (χ2n) is 5.77. The maximum Gasteiger partial charge on any atom is 0.287 e. The molecule has 0 atom stereocenters. The monoisotopic (exact) mass is 386 g/mol. The molecule has 0 aliphatic rings. The quantitative estimate of drug-likeness (QED) is 0.354. The Morgan fingerprint density at radius 3 is 2.34 bits per heavy atom. The predicted octanol–water partition coefficient (Wildman–Crippen LogP) is 2.71. The van der Waals surface area contributed by atoms with Crippen molar-refractivity contribution in [2.45, 2.75) is 0 Å². The van der Waals surface area contributed by atoms with Crippen molar-refractivity contribution in [1.29, 1.82) is 10.5 Å². The van der Waals surface area contributed by atoms with Gasteiger partial charge in [0, 0.05) is 24.7 Å². The van der Waals surface area contributed by atoms with Gasteiger partial charge in [-0.2, -0.15) is 10.5 Å². The number of benzene rings is 1. The van der Waals surface area contributed by atoms with Crippen LogP contribution in [0.2, 0.25) is 0 Å². The van der Waals surface area contributed by atoms with E-state index in [1.807, 2.05) is 6.07 Å². The number of nitrogens with zero attached hydrogens (tertiary/aromatic N) is 6. The maximum absolute atomic E-state index is 10.6. The van der Waals surface area contributed by atoms with Crippen LogP contribution >= 0.6 is 0 Å². The molecule has 0 radical (unpaired) electrons. The van der Waals surface area contributed by atoms with Crippen LogP contribution in [0.4, 0.5) is 17.5 Å². The molecule has 0 spiro atoms. The lowest BCUT2D eigenvalue weighted by molar-refractivity contribution is -0.385. The SMILES string of the molecule is N#Cc1ccc(-c2nc(NCCNc3ccc([N+](=O)[O-])cn3)ncc2C#N)cc1. The average Bonchev–Trinajstić information content (AvgIpc) is 2.77. The van der Waals surface area contributed by atoms with E-state index >= 15 is 0 Å². The highest BCUT2D eigenvalue weighted by atomic mass is 16.6. The molecule has 0 aliphatic carbocycles. The first-order chi connectivity index (χ1) is 14.1. The topological polar surface area (TPSA) is 153 Å². The number of nitro groups is 1. The molecule has 2 N–H and O–H groups in total. The number of pyridine rings is 1. The summed E-state index contributed by atoms with van der Waals surface area (Å²) in [5.74, 6) is 0.859. The molecule has 0 unspecified atom stereocenters. The van der Waals surface area contributed by atoms with Crippen LogP contribution in [0, 0.1) is 32.8 Å². The fourth-order valence-electron chi connectivity index (χ4n) is 2.44. The molecule has 2 aromatic heterocycles. The van der Waals surface area contributed by atoms with E-state index in [-0.39, 0.29) is 5.69 Å². The lowest BCUT2D eigenvalue weighted by atomic mass is 10.1. The van der Waals surface area contributed by atoms with Crippen molar-refractivity contribution in [3.05, 3.63) is 70.0 Å². The van der Waals surface area contributed by atoms with Crippen molar-refractivity contribution < 1.29 is 4.92 Å². The van der Waals surface area contributed by atoms with Crippen molar-refractivity contribution in [1.82, 2.24) is 15.0 Å². The molecular weight excluding hydrogens is 372 g/mol. The third-order valence-electron chi connectivity index (χ3n) is 3.87. The fourth-order valence-corrected chi connectivity index (χ4v) is 2.44. The summed E-state index contributed by atoms with van der Waals surface area (Å²) in [7, 11) is 0. The van der Waals surface area contributed by atoms with Crippen molar-refractivity contribution in [2.24, 2.45) is 0 Å². The lowest BCUT2D eigenvalue weighted by Crippen LogP contribution is -2.16. The predicted molar refractivity (Wildman–Crippen MR) is 105 cm³/mol. The average molecular weight is 386 g/mol. The molecule has 0 amide bonds. The molecule has 142 valence electrons. The van der Waals surface area contributed by atoms with Crippen LogP contribution in [-0.4, -0.2) is 33.0 Å². The Kier molecular flexibility index (Phi) is 5.88. The molecule has 0 bridgehead atoms. The molecule has 2 heterocycles. The minimum atomic E-state index is -0.508. The van der Waals surface area contributed by atoms with Crippen LogP contribution in [0.25, 0.3) is 11.3 Å². The highest BCUT2D eigenvalue weighted by molar-refractivity contribution is 5.67. The summed E-state index contributed by atoms with van der Waals surface area (Å²) in [5, 5.41) is 34.9. The van der Waals surface area contributed by atoms with Crippen molar-refractivity contribution in [3.63, 3.8) is 0 Å². The van der Waals surface area contributed by atoms with Gasteiger partial charge >= 0.3 is 0 Å². The molecule has 3 aromatic rings. The van der Waals surface area contributed by atoms with E-state index in [0.29, 0.717) is 47.2 Å². The van der Waals surface area contributed by atoms with Gasteiger partial charge in [-0.3, -0.25) is 10.1 Å². The van der Waals surface area contributed by atoms with Crippen LogP contribution < -0.4 is 10.6 Å². The third kappa shape index (κ3) is 4.78. The van der Waals surface area contributed by atoms with Gasteiger partial charge in [-0.15, -0.1) is 0 Å². The van der Waals surface area contributed by atoms with Gasteiger partial charge in [0.25, 0.3) is 5.69 Å². The second-order valence-corrected chi connectivity index (χ2v) is 5.77. The van der Waals surface area contributed by atoms with Gasteiger partial charge in [0.2, 0.25) is 5.95 Å². The molecule has 10 nitrogen and oxygen atoms in total. The minimum absolute atomic E-state index is 0.0741. The Labute approximate surface area is 165 Å². The number of rotatable bonds is 7.